The summed E-state index contributed by atoms with van der Waals surface area (Å²) in [4.78, 5) is 31.3. The maximum absolute atomic E-state index is 13.2. The summed E-state index contributed by atoms with van der Waals surface area (Å²) >= 11 is 1.62. The highest BCUT2D eigenvalue weighted by atomic mass is 32.1. The van der Waals surface area contributed by atoms with Crippen molar-refractivity contribution in [1.82, 2.24) is 9.80 Å². The summed E-state index contributed by atoms with van der Waals surface area (Å²) in [7, 11) is 0. The van der Waals surface area contributed by atoms with Gasteiger partial charge in [0.1, 0.15) is 5.75 Å². The largest absolute Gasteiger partial charge is 0.493 e. The Morgan fingerprint density at radius 2 is 1.68 bits per heavy atom. The quantitative estimate of drug-likeness (QED) is 0.642. The van der Waals surface area contributed by atoms with Crippen molar-refractivity contribution in [1.29, 1.82) is 0 Å². The summed E-state index contributed by atoms with van der Waals surface area (Å²) in [6.45, 7) is 3.52. The van der Waals surface area contributed by atoms with Crippen LogP contribution in [-0.4, -0.2) is 54.4 Å². The smallest absolute Gasteiger partial charge is 0.227 e. The number of thiophene rings is 1. The predicted molar refractivity (Wildman–Crippen MR) is 123 cm³/mol. The van der Waals surface area contributed by atoms with Crippen molar-refractivity contribution in [2.75, 3.05) is 32.8 Å². The third-order valence-corrected chi connectivity index (χ3v) is 7.32. The highest BCUT2D eigenvalue weighted by Gasteiger charge is 2.41. The van der Waals surface area contributed by atoms with E-state index in [1.807, 2.05) is 57.6 Å². The van der Waals surface area contributed by atoms with Crippen molar-refractivity contribution in [2.45, 2.75) is 44.9 Å². The Morgan fingerprint density at radius 3 is 2.42 bits per heavy atom. The third-order valence-electron chi connectivity index (χ3n) is 6.44. The van der Waals surface area contributed by atoms with Gasteiger partial charge in [0.05, 0.1) is 13.0 Å². The fourth-order valence-corrected chi connectivity index (χ4v) is 5.43. The molecular formula is C25H32N2O3S. The van der Waals surface area contributed by atoms with Crippen LogP contribution in [0.3, 0.4) is 0 Å². The minimum atomic E-state index is -0.340. The molecule has 31 heavy (non-hydrogen) atoms. The van der Waals surface area contributed by atoms with Gasteiger partial charge in [-0.2, -0.15) is 0 Å². The zero-order chi connectivity index (χ0) is 21.5. The summed E-state index contributed by atoms with van der Waals surface area (Å²) in [6.07, 6.45) is 6.08. The summed E-state index contributed by atoms with van der Waals surface area (Å²) < 4.78 is 6.16. The van der Waals surface area contributed by atoms with Crippen molar-refractivity contribution >= 4 is 23.2 Å². The van der Waals surface area contributed by atoms with E-state index < -0.39 is 0 Å². The molecule has 3 heterocycles. The second-order valence-electron chi connectivity index (χ2n) is 8.89. The normalized spacial score (nSPS) is 21.7. The molecule has 2 aliphatic rings. The number of piperidine rings is 2. The molecule has 0 N–H and O–H groups in total. The number of hydrogen-bond acceptors (Lipinski definition) is 4. The number of benzene rings is 1. The SMILES string of the molecule is O=C(C[C@@]1(COc2ccccc2)CCCN(C(=O)Cc2cccs2)C1)N1CCCCC1. The van der Waals surface area contributed by atoms with Gasteiger partial charge in [-0.05, 0) is 55.7 Å². The molecule has 0 bridgehead atoms. The lowest BCUT2D eigenvalue weighted by molar-refractivity contribution is -0.141. The van der Waals surface area contributed by atoms with Gasteiger partial charge >= 0.3 is 0 Å². The fourth-order valence-electron chi connectivity index (χ4n) is 4.74. The third kappa shape index (κ3) is 5.88. The van der Waals surface area contributed by atoms with E-state index >= 15 is 0 Å². The fraction of sp³-hybridized carbons (Fsp3) is 0.520. The highest BCUT2D eigenvalue weighted by Crippen LogP contribution is 2.36. The molecule has 2 saturated heterocycles. The van der Waals surface area contributed by atoms with Crippen LogP contribution in [0.15, 0.2) is 47.8 Å². The Kier molecular flexibility index (Phi) is 7.28. The van der Waals surface area contributed by atoms with Crippen molar-refractivity contribution < 1.29 is 14.3 Å². The van der Waals surface area contributed by atoms with E-state index in [0.29, 0.717) is 26.0 Å². The molecule has 1 aromatic carbocycles. The maximum atomic E-state index is 13.2. The zero-order valence-corrected chi connectivity index (χ0v) is 18.9. The van der Waals surface area contributed by atoms with Crippen LogP contribution in [0.1, 0.15) is 43.4 Å². The van der Waals surface area contributed by atoms with Crippen LogP contribution < -0.4 is 4.74 Å². The summed E-state index contributed by atoms with van der Waals surface area (Å²) in [5.74, 6) is 1.18. The standard InChI is InChI=1S/C25H32N2O3S/c28-23(17-22-11-7-16-31-22)27-15-8-12-25(19-27,20-30-21-9-3-1-4-10-21)18-24(29)26-13-5-2-6-14-26/h1,3-4,7,9-11,16H,2,5-6,8,12-15,17-20H2/t25-/m0/s1. The van der Waals surface area contributed by atoms with Crippen molar-refractivity contribution in [3.63, 3.8) is 0 Å². The number of ether oxygens (including phenoxy) is 1. The number of carbonyl (C=O) groups is 2. The first kappa shape index (κ1) is 21.9. The first-order valence-corrected chi connectivity index (χ1v) is 12.3. The summed E-state index contributed by atoms with van der Waals surface area (Å²) in [6, 6.07) is 13.8. The Labute approximate surface area is 189 Å². The molecule has 2 aliphatic heterocycles. The van der Waals surface area contributed by atoms with Crippen LogP contribution >= 0.6 is 11.3 Å². The Balaban J connectivity index is 1.47. The minimum Gasteiger partial charge on any atom is -0.493 e. The van der Waals surface area contributed by atoms with Crippen LogP contribution in [0.2, 0.25) is 0 Å². The topological polar surface area (TPSA) is 49.9 Å². The van der Waals surface area contributed by atoms with Gasteiger partial charge in [-0.1, -0.05) is 24.3 Å². The van der Waals surface area contributed by atoms with Crippen molar-refractivity contribution in [2.24, 2.45) is 5.41 Å². The number of rotatable bonds is 7. The molecular weight excluding hydrogens is 408 g/mol. The van der Waals surface area contributed by atoms with E-state index in [1.54, 1.807) is 11.3 Å². The molecule has 0 radical (unpaired) electrons. The van der Waals surface area contributed by atoms with Crippen LogP contribution in [0, 0.1) is 5.41 Å². The van der Waals surface area contributed by atoms with Crippen LogP contribution in [0.25, 0.3) is 0 Å². The van der Waals surface area contributed by atoms with Gasteiger partial charge in [0.25, 0.3) is 0 Å². The number of likely N-dealkylation sites (tertiary alicyclic amines) is 2. The van der Waals surface area contributed by atoms with Gasteiger partial charge in [-0.15, -0.1) is 11.3 Å². The summed E-state index contributed by atoms with van der Waals surface area (Å²) in [5.41, 5.74) is -0.340. The first-order chi connectivity index (χ1) is 15.1. The van der Waals surface area contributed by atoms with E-state index in [2.05, 4.69) is 0 Å². The average molecular weight is 441 g/mol. The van der Waals surface area contributed by atoms with Crippen LogP contribution in [0.5, 0.6) is 5.75 Å². The Hall–Kier alpha value is -2.34. The van der Waals surface area contributed by atoms with E-state index in [4.69, 9.17) is 4.74 Å². The molecule has 4 rings (SSSR count). The average Bonchev–Trinajstić information content (AvgIpc) is 3.32. The lowest BCUT2D eigenvalue weighted by Crippen LogP contribution is -2.51. The van der Waals surface area contributed by atoms with Gasteiger partial charge in [-0.3, -0.25) is 9.59 Å². The number of para-hydroxylation sites is 1. The number of hydrogen-bond donors (Lipinski definition) is 0. The second-order valence-corrected chi connectivity index (χ2v) is 9.93. The molecule has 0 aliphatic carbocycles. The van der Waals surface area contributed by atoms with E-state index in [0.717, 1.165) is 55.9 Å². The molecule has 2 amide bonds. The number of carbonyl (C=O) groups excluding carboxylic acids is 2. The minimum absolute atomic E-state index is 0.150. The molecule has 5 nitrogen and oxygen atoms in total. The molecule has 0 spiro atoms. The molecule has 0 saturated carbocycles. The first-order valence-electron chi connectivity index (χ1n) is 11.4. The Morgan fingerprint density at radius 1 is 0.903 bits per heavy atom. The van der Waals surface area contributed by atoms with E-state index in [1.165, 1.54) is 6.42 Å². The number of nitrogens with zero attached hydrogens (tertiary/aromatic N) is 2. The second kappa shape index (κ2) is 10.3. The lowest BCUT2D eigenvalue weighted by Gasteiger charge is -2.43. The van der Waals surface area contributed by atoms with Crippen molar-refractivity contribution in [3.8, 4) is 5.75 Å². The van der Waals surface area contributed by atoms with Crippen LogP contribution in [-0.2, 0) is 16.0 Å². The van der Waals surface area contributed by atoms with Crippen LogP contribution in [0.4, 0.5) is 0 Å². The molecule has 2 fully saturated rings. The predicted octanol–water partition coefficient (Wildman–Crippen LogP) is 4.38. The molecule has 2 aromatic rings. The van der Waals surface area contributed by atoms with Gasteiger partial charge in [0.15, 0.2) is 0 Å². The molecule has 0 unspecified atom stereocenters. The van der Waals surface area contributed by atoms with E-state index in [9.17, 15) is 9.59 Å². The van der Waals surface area contributed by atoms with Gasteiger partial charge in [0.2, 0.25) is 11.8 Å². The van der Waals surface area contributed by atoms with Gasteiger partial charge in [0, 0.05) is 42.9 Å². The molecule has 6 heteroatoms. The highest BCUT2D eigenvalue weighted by molar-refractivity contribution is 7.10. The van der Waals surface area contributed by atoms with Gasteiger partial charge < -0.3 is 14.5 Å². The number of amides is 2. The summed E-state index contributed by atoms with van der Waals surface area (Å²) in [5, 5.41) is 2.01. The zero-order valence-electron chi connectivity index (χ0n) is 18.1. The van der Waals surface area contributed by atoms with E-state index in [-0.39, 0.29) is 17.2 Å². The maximum Gasteiger partial charge on any atom is 0.227 e. The van der Waals surface area contributed by atoms with Crippen molar-refractivity contribution in [3.05, 3.63) is 52.7 Å². The lowest BCUT2D eigenvalue weighted by atomic mass is 9.77. The monoisotopic (exact) mass is 440 g/mol. The molecule has 1 atom stereocenters. The Bertz CT molecular complexity index is 849. The molecule has 1 aromatic heterocycles. The molecule has 166 valence electrons. The van der Waals surface area contributed by atoms with Gasteiger partial charge in [-0.25, -0.2) is 0 Å².